The molecule has 18 heavy (non-hydrogen) atoms. The van der Waals surface area contributed by atoms with Crippen molar-refractivity contribution in [1.82, 2.24) is 25.5 Å². The van der Waals surface area contributed by atoms with Crippen LogP contribution < -0.4 is 5.32 Å². The quantitative estimate of drug-likeness (QED) is 0.550. The number of nitrogens with one attached hydrogen (secondary N) is 1. The van der Waals surface area contributed by atoms with Crippen LogP contribution in [0.1, 0.15) is 52.0 Å². The zero-order valence-electron chi connectivity index (χ0n) is 11.3. The van der Waals surface area contributed by atoms with E-state index >= 15 is 0 Å². The molecule has 1 saturated carbocycles. The molecule has 0 saturated heterocycles. The van der Waals surface area contributed by atoms with Crippen LogP contribution in [0.25, 0.3) is 0 Å². The summed E-state index contributed by atoms with van der Waals surface area (Å²) in [5, 5.41) is 16.4. The van der Waals surface area contributed by atoms with E-state index < -0.39 is 0 Å². The van der Waals surface area contributed by atoms with E-state index in [2.05, 4.69) is 34.7 Å². The van der Waals surface area contributed by atoms with Crippen molar-refractivity contribution in [3.05, 3.63) is 0 Å². The monoisotopic (exact) mass is 269 g/mol. The van der Waals surface area contributed by atoms with Crippen molar-refractivity contribution in [1.29, 1.82) is 0 Å². The Kier molecular flexibility index (Phi) is 5.44. The molecule has 1 unspecified atom stereocenters. The smallest absolute Gasteiger partial charge is 0.209 e. The van der Waals surface area contributed by atoms with Crippen LogP contribution in [0.4, 0.5) is 0 Å². The summed E-state index contributed by atoms with van der Waals surface area (Å²) in [6, 6.07) is 1.19. The molecule has 0 aromatic carbocycles. The van der Waals surface area contributed by atoms with Gasteiger partial charge < -0.3 is 5.32 Å². The van der Waals surface area contributed by atoms with Gasteiger partial charge in [0.2, 0.25) is 5.16 Å². The van der Waals surface area contributed by atoms with E-state index in [1.165, 1.54) is 32.1 Å². The van der Waals surface area contributed by atoms with E-state index in [-0.39, 0.29) is 0 Å². The predicted molar refractivity (Wildman–Crippen MR) is 73.8 cm³/mol. The van der Waals surface area contributed by atoms with Crippen molar-refractivity contribution in [2.24, 2.45) is 0 Å². The Bertz CT molecular complexity index is 350. The molecular formula is C12H23N5S. The molecule has 1 aromatic heterocycles. The van der Waals surface area contributed by atoms with Gasteiger partial charge in [-0.3, -0.25) is 0 Å². The van der Waals surface area contributed by atoms with E-state index in [1.807, 2.05) is 4.68 Å². The van der Waals surface area contributed by atoms with Gasteiger partial charge in [0.15, 0.2) is 0 Å². The highest BCUT2D eigenvalue weighted by Gasteiger charge is 2.27. The zero-order chi connectivity index (χ0) is 12.8. The second kappa shape index (κ2) is 7.09. The van der Waals surface area contributed by atoms with Gasteiger partial charge in [-0.25, -0.2) is 4.68 Å². The van der Waals surface area contributed by atoms with Gasteiger partial charge >= 0.3 is 0 Å². The summed E-state index contributed by atoms with van der Waals surface area (Å²) in [4.78, 5) is 0. The molecule has 102 valence electrons. The molecule has 1 atom stereocenters. The predicted octanol–water partition coefficient (Wildman–Crippen LogP) is 2.27. The Hall–Kier alpha value is -0.620. The fourth-order valence-electron chi connectivity index (χ4n) is 1.87. The second-order valence-electron chi connectivity index (χ2n) is 4.98. The first-order valence-corrected chi connectivity index (χ1v) is 7.94. The number of tetrazole rings is 1. The van der Waals surface area contributed by atoms with Gasteiger partial charge in [0.25, 0.3) is 0 Å². The molecule has 6 heteroatoms. The maximum Gasteiger partial charge on any atom is 0.209 e. The summed E-state index contributed by atoms with van der Waals surface area (Å²) < 4.78 is 1.99. The minimum absolute atomic E-state index is 0.577. The lowest BCUT2D eigenvalue weighted by Crippen LogP contribution is -2.26. The summed E-state index contributed by atoms with van der Waals surface area (Å²) >= 11 is 1.79. The highest BCUT2D eigenvalue weighted by Crippen LogP contribution is 2.36. The third-order valence-corrected chi connectivity index (χ3v) is 4.13. The number of hydrogen-bond acceptors (Lipinski definition) is 5. The summed E-state index contributed by atoms with van der Waals surface area (Å²) in [5.41, 5.74) is 0. The molecule has 1 aliphatic carbocycles. The summed E-state index contributed by atoms with van der Waals surface area (Å²) in [6.07, 6.45) is 6.10. The number of rotatable bonds is 9. The average molecular weight is 269 g/mol. The fraction of sp³-hybridized carbons (Fsp3) is 0.917. The minimum Gasteiger partial charge on any atom is -0.314 e. The molecule has 0 spiro atoms. The van der Waals surface area contributed by atoms with Crippen LogP contribution in [0.15, 0.2) is 5.16 Å². The van der Waals surface area contributed by atoms with E-state index in [1.54, 1.807) is 11.8 Å². The van der Waals surface area contributed by atoms with Gasteiger partial charge in [0.05, 0.1) is 6.04 Å². The van der Waals surface area contributed by atoms with Gasteiger partial charge in [-0.15, -0.1) is 5.10 Å². The SMILES string of the molecule is CCCNC(C)CCCSc1nnnn1C1CC1. The molecule has 0 radical (unpaired) electrons. The number of thioether (sulfide) groups is 1. The van der Waals surface area contributed by atoms with Crippen molar-refractivity contribution >= 4 is 11.8 Å². The average Bonchev–Trinajstić information content (AvgIpc) is 3.12. The van der Waals surface area contributed by atoms with Gasteiger partial charge in [-0.05, 0) is 56.0 Å². The molecule has 1 aromatic rings. The fourth-order valence-corrected chi connectivity index (χ4v) is 2.78. The molecule has 1 heterocycles. The summed E-state index contributed by atoms with van der Waals surface area (Å²) in [7, 11) is 0. The Balaban J connectivity index is 1.61. The Morgan fingerprint density at radius 2 is 2.33 bits per heavy atom. The third kappa shape index (κ3) is 4.24. The molecule has 0 aliphatic heterocycles. The van der Waals surface area contributed by atoms with Crippen LogP contribution in [0, 0.1) is 0 Å². The third-order valence-electron chi connectivity index (χ3n) is 3.11. The van der Waals surface area contributed by atoms with Crippen LogP contribution in [0.5, 0.6) is 0 Å². The van der Waals surface area contributed by atoms with Crippen LogP contribution in [-0.4, -0.2) is 38.5 Å². The molecule has 0 bridgehead atoms. The summed E-state index contributed by atoms with van der Waals surface area (Å²) in [6.45, 7) is 5.58. The first-order valence-electron chi connectivity index (χ1n) is 6.95. The number of hydrogen-bond donors (Lipinski definition) is 1. The molecule has 5 nitrogen and oxygen atoms in total. The Morgan fingerprint density at radius 1 is 1.50 bits per heavy atom. The first kappa shape index (κ1) is 13.8. The normalized spacial score (nSPS) is 17.0. The lowest BCUT2D eigenvalue weighted by atomic mass is 10.2. The molecule has 1 N–H and O–H groups in total. The van der Waals surface area contributed by atoms with Crippen LogP contribution in [0.3, 0.4) is 0 Å². The lowest BCUT2D eigenvalue weighted by molar-refractivity contribution is 0.509. The maximum absolute atomic E-state index is 4.09. The number of nitrogens with zero attached hydrogens (tertiary/aromatic N) is 4. The van der Waals surface area contributed by atoms with Crippen molar-refractivity contribution in [2.45, 2.75) is 63.2 Å². The minimum atomic E-state index is 0.577. The van der Waals surface area contributed by atoms with E-state index in [4.69, 9.17) is 0 Å². The zero-order valence-corrected chi connectivity index (χ0v) is 12.1. The first-order chi connectivity index (χ1) is 8.81. The van der Waals surface area contributed by atoms with Crippen molar-refractivity contribution in [2.75, 3.05) is 12.3 Å². The van der Waals surface area contributed by atoms with Crippen LogP contribution in [-0.2, 0) is 0 Å². The summed E-state index contributed by atoms with van der Waals surface area (Å²) in [5.74, 6) is 1.10. The van der Waals surface area contributed by atoms with Gasteiger partial charge in [0.1, 0.15) is 0 Å². The van der Waals surface area contributed by atoms with E-state index in [0.717, 1.165) is 17.5 Å². The van der Waals surface area contributed by atoms with E-state index in [0.29, 0.717) is 12.1 Å². The second-order valence-corrected chi connectivity index (χ2v) is 6.05. The Labute approximate surface area is 113 Å². The standard InChI is InChI=1S/C12H23N5S/c1-3-8-13-10(2)5-4-9-18-12-14-15-16-17(12)11-6-7-11/h10-11,13H,3-9H2,1-2H3. The van der Waals surface area contributed by atoms with Crippen LogP contribution in [0.2, 0.25) is 0 Å². The lowest BCUT2D eigenvalue weighted by Gasteiger charge is -2.12. The van der Waals surface area contributed by atoms with Gasteiger partial charge in [-0.1, -0.05) is 18.7 Å². The molecule has 0 amide bonds. The topological polar surface area (TPSA) is 55.6 Å². The Morgan fingerprint density at radius 3 is 3.06 bits per heavy atom. The largest absolute Gasteiger partial charge is 0.314 e. The maximum atomic E-state index is 4.09. The highest BCUT2D eigenvalue weighted by molar-refractivity contribution is 7.99. The van der Waals surface area contributed by atoms with Crippen molar-refractivity contribution < 1.29 is 0 Å². The van der Waals surface area contributed by atoms with Gasteiger partial charge in [-0.2, -0.15) is 0 Å². The highest BCUT2D eigenvalue weighted by atomic mass is 32.2. The number of aromatic nitrogens is 4. The molecular weight excluding hydrogens is 246 g/mol. The van der Waals surface area contributed by atoms with Gasteiger partial charge in [0, 0.05) is 11.8 Å². The molecule has 1 aliphatic rings. The van der Waals surface area contributed by atoms with Crippen molar-refractivity contribution in [3.63, 3.8) is 0 Å². The van der Waals surface area contributed by atoms with Crippen molar-refractivity contribution in [3.8, 4) is 0 Å². The molecule has 2 rings (SSSR count). The van der Waals surface area contributed by atoms with E-state index in [9.17, 15) is 0 Å². The van der Waals surface area contributed by atoms with Crippen LogP contribution >= 0.6 is 11.8 Å². The molecule has 1 fully saturated rings.